The predicted molar refractivity (Wildman–Crippen MR) is 94.5 cm³/mol. The number of fused-ring (bicyclic) bond motifs is 1. The van der Waals surface area contributed by atoms with Gasteiger partial charge in [-0.1, -0.05) is 42.5 Å². The van der Waals surface area contributed by atoms with E-state index in [0.29, 0.717) is 25.9 Å². The first-order valence-corrected chi connectivity index (χ1v) is 8.93. The molecule has 2 atom stereocenters. The third-order valence-corrected chi connectivity index (χ3v) is 5.14. The summed E-state index contributed by atoms with van der Waals surface area (Å²) in [6, 6.07) is 9.98. The number of nitrogens with zero attached hydrogens (tertiary/aromatic N) is 2. The van der Waals surface area contributed by atoms with E-state index in [1.54, 1.807) is 4.90 Å². The fourth-order valence-electron chi connectivity index (χ4n) is 3.63. The molecule has 0 bridgehead atoms. The van der Waals surface area contributed by atoms with E-state index in [1.807, 2.05) is 49.4 Å². The minimum Gasteiger partial charge on any atom is -0.341 e. The van der Waals surface area contributed by atoms with Crippen molar-refractivity contribution in [2.45, 2.75) is 26.2 Å². The maximum atomic E-state index is 12.6. The van der Waals surface area contributed by atoms with Gasteiger partial charge < -0.3 is 4.90 Å². The predicted octanol–water partition coefficient (Wildman–Crippen LogP) is 2.03. The molecule has 0 saturated carbocycles. The molecule has 2 unspecified atom stereocenters. The van der Waals surface area contributed by atoms with Crippen LogP contribution in [0.5, 0.6) is 0 Å². The molecular weight excluding hydrogens is 316 g/mol. The van der Waals surface area contributed by atoms with E-state index in [4.69, 9.17) is 0 Å². The van der Waals surface area contributed by atoms with Crippen molar-refractivity contribution >= 4 is 17.7 Å². The molecule has 1 aromatic rings. The number of hydrogen-bond acceptors (Lipinski definition) is 3. The molecule has 1 aromatic carbocycles. The van der Waals surface area contributed by atoms with E-state index < -0.39 is 0 Å². The van der Waals surface area contributed by atoms with Gasteiger partial charge in [-0.3, -0.25) is 19.3 Å². The zero-order chi connectivity index (χ0) is 17.8. The van der Waals surface area contributed by atoms with E-state index in [1.165, 1.54) is 10.5 Å². The first-order chi connectivity index (χ1) is 12.1. The molecule has 1 heterocycles. The summed E-state index contributed by atoms with van der Waals surface area (Å²) in [7, 11) is 0. The van der Waals surface area contributed by atoms with Crippen molar-refractivity contribution in [3.8, 4) is 0 Å². The van der Waals surface area contributed by atoms with Gasteiger partial charge in [-0.25, -0.2) is 0 Å². The molecule has 3 amide bonds. The molecule has 0 spiro atoms. The fourth-order valence-corrected chi connectivity index (χ4v) is 3.63. The molecule has 3 rings (SSSR count). The third kappa shape index (κ3) is 3.65. The van der Waals surface area contributed by atoms with Crippen LogP contribution >= 0.6 is 0 Å². The number of allylic oxidation sites excluding steroid dienone is 2. The second-order valence-corrected chi connectivity index (χ2v) is 6.63. The summed E-state index contributed by atoms with van der Waals surface area (Å²) in [5.41, 5.74) is 1.17. The maximum Gasteiger partial charge on any atom is 0.242 e. The number of likely N-dealkylation sites (tertiary alicyclic amines) is 1. The number of hydrogen-bond donors (Lipinski definition) is 0. The second kappa shape index (κ2) is 7.64. The van der Waals surface area contributed by atoms with Crippen LogP contribution < -0.4 is 0 Å². The zero-order valence-electron chi connectivity index (χ0n) is 14.6. The van der Waals surface area contributed by atoms with Crippen LogP contribution in [0.2, 0.25) is 0 Å². The molecule has 25 heavy (non-hydrogen) atoms. The summed E-state index contributed by atoms with van der Waals surface area (Å²) in [5.74, 6) is -1.08. The number of benzene rings is 1. The summed E-state index contributed by atoms with van der Waals surface area (Å²) >= 11 is 0. The monoisotopic (exact) mass is 340 g/mol. The number of carbonyl (C=O) groups is 3. The molecule has 132 valence electrons. The van der Waals surface area contributed by atoms with Crippen LogP contribution in [0.1, 0.15) is 25.3 Å². The van der Waals surface area contributed by atoms with Gasteiger partial charge >= 0.3 is 0 Å². The van der Waals surface area contributed by atoms with Crippen molar-refractivity contribution in [1.82, 2.24) is 9.80 Å². The summed E-state index contributed by atoms with van der Waals surface area (Å²) in [6.45, 7) is 2.94. The average molecular weight is 340 g/mol. The third-order valence-electron chi connectivity index (χ3n) is 5.14. The molecule has 1 aliphatic heterocycles. The Labute approximate surface area is 148 Å². The minimum absolute atomic E-state index is 0.132. The Morgan fingerprint density at radius 2 is 1.68 bits per heavy atom. The molecular formula is C20H24N2O3. The van der Waals surface area contributed by atoms with Crippen LogP contribution in [0, 0.1) is 11.8 Å². The normalized spacial score (nSPS) is 22.2. The van der Waals surface area contributed by atoms with Gasteiger partial charge in [0.2, 0.25) is 17.7 Å². The van der Waals surface area contributed by atoms with Crippen LogP contribution in [0.3, 0.4) is 0 Å². The van der Waals surface area contributed by atoms with E-state index >= 15 is 0 Å². The number of likely N-dealkylation sites (N-methyl/N-ethyl adjacent to an activating group) is 1. The van der Waals surface area contributed by atoms with E-state index in [-0.39, 0.29) is 36.1 Å². The first kappa shape index (κ1) is 17.4. The molecule has 0 aromatic heterocycles. The van der Waals surface area contributed by atoms with Gasteiger partial charge in [0, 0.05) is 13.1 Å². The highest BCUT2D eigenvalue weighted by Gasteiger charge is 2.47. The molecule has 0 radical (unpaired) electrons. The number of rotatable bonds is 6. The Kier molecular flexibility index (Phi) is 5.31. The molecule has 5 heteroatoms. The minimum atomic E-state index is -0.273. The second-order valence-electron chi connectivity index (χ2n) is 6.63. The van der Waals surface area contributed by atoms with Gasteiger partial charge in [0.05, 0.1) is 11.8 Å². The summed E-state index contributed by atoms with van der Waals surface area (Å²) in [5, 5.41) is 0. The fraction of sp³-hybridized carbons (Fsp3) is 0.450. The van der Waals surface area contributed by atoms with Crippen molar-refractivity contribution < 1.29 is 14.4 Å². The maximum absolute atomic E-state index is 12.6. The van der Waals surface area contributed by atoms with Crippen molar-refractivity contribution in [1.29, 1.82) is 0 Å². The Bertz CT molecular complexity index is 657. The summed E-state index contributed by atoms with van der Waals surface area (Å²) in [6.07, 6.45) is 5.88. The first-order valence-electron chi connectivity index (χ1n) is 8.93. The largest absolute Gasteiger partial charge is 0.341 e. The van der Waals surface area contributed by atoms with Crippen molar-refractivity contribution in [3.63, 3.8) is 0 Å². The summed E-state index contributed by atoms with van der Waals surface area (Å²) in [4.78, 5) is 40.5. The molecule has 0 N–H and O–H groups in total. The number of imide groups is 1. The molecule has 1 aliphatic carbocycles. The van der Waals surface area contributed by atoms with Crippen LogP contribution in [-0.2, 0) is 20.8 Å². The smallest absolute Gasteiger partial charge is 0.242 e. The van der Waals surface area contributed by atoms with E-state index in [2.05, 4.69) is 0 Å². The van der Waals surface area contributed by atoms with Crippen molar-refractivity contribution in [2.24, 2.45) is 11.8 Å². The lowest BCUT2D eigenvalue weighted by Crippen LogP contribution is -2.43. The van der Waals surface area contributed by atoms with Crippen LogP contribution in [0.25, 0.3) is 0 Å². The number of carbonyl (C=O) groups excluding carboxylic acids is 3. The zero-order valence-corrected chi connectivity index (χ0v) is 14.6. The molecule has 2 aliphatic rings. The molecule has 1 saturated heterocycles. The van der Waals surface area contributed by atoms with Crippen LogP contribution in [-0.4, -0.2) is 47.2 Å². The van der Waals surface area contributed by atoms with Crippen LogP contribution in [0.15, 0.2) is 42.5 Å². The van der Waals surface area contributed by atoms with Crippen LogP contribution in [0.4, 0.5) is 0 Å². The average Bonchev–Trinajstić information content (AvgIpc) is 2.88. The van der Waals surface area contributed by atoms with E-state index in [9.17, 15) is 14.4 Å². The van der Waals surface area contributed by atoms with Gasteiger partial charge in [0.15, 0.2) is 0 Å². The van der Waals surface area contributed by atoms with E-state index in [0.717, 1.165) is 6.42 Å². The van der Waals surface area contributed by atoms with Gasteiger partial charge in [0.25, 0.3) is 0 Å². The van der Waals surface area contributed by atoms with Gasteiger partial charge in [-0.15, -0.1) is 0 Å². The SMILES string of the molecule is CCN(CCc1ccccc1)C(=O)CN1C(=O)C2CC=CCC2C1=O. The lowest BCUT2D eigenvalue weighted by atomic mass is 9.85. The van der Waals surface area contributed by atoms with Crippen molar-refractivity contribution in [2.75, 3.05) is 19.6 Å². The van der Waals surface area contributed by atoms with Crippen molar-refractivity contribution in [3.05, 3.63) is 48.0 Å². The Morgan fingerprint density at radius 3 is 2.24 bits per heavy atom. The van der Waals surface area contributed by atoms with Gasteiger partial charge in [-0.05, 0) is 31.7 Å². The van der Waals surface area contributed by atoms with Gasteiger partial charge in [-0.2, -0.15) is 0 Å². The summed E-state index contributed by atoms with van der Waals surface area (Å²) < 4.78 is 0. The Morgan fingerprint density at radius 1 is 1.08 bits per heavy atom. The Hall–Kier alpha value is -2.43. The highest BCUT2D eigenvalue weighted by Crippen LogP contribution is 2.34. The highest BCUT2D eigenvalue weighted by molar-refractivity contribution is 6.07. The topological polar surface area (TPSA) is 57.7 Å². The molecule has 5 nitrogen and oxygen atoms in total. The lowest BCUT2D eigenvalue weighted by Gasteiger charge is -2.23. The van der Waals surface area contributed by atoms with Gasteiger partial charge in [0.1, 0.15) is 6.54 Å². The molecule has 1 fully saturated rings. The Balaban J connectivity index is 1.60. The quantitative estimate of drug-likeness (QED) is 0.588. The lowest BCUT2D eigenvalue weighted by molar-refractivity contribution is -0.146. The highest BCUT2D eigenvalue weighted by atomic mass is 16.2. The number of amides is 3. The standard InChI is InChI=1S/C20H24N2O3/c1-2-21(13-12-15-8-4-3-5-9-15)18(23)14-22-19(24)16-10-6-7-11-17(16)20(22)25/h3-9,16-17H,2,10-14H2,1H3.